The second-order valence-electron chi connectivity index (χ2n) is 3.97. The van der Waals surface area contributed by atoms with Gasteiger partial charge in [-0.15, -0.1) is 10.2 Å². The average Bonchev–Trinajstić information content (AvgIpc) is 2.84. The zero-order valence-corrected chi connectivity index (χ0v) is 9.50. The van der Waals surface area contributed by atoms with Gasteiger partial charge in [-0.3, -0.25) is 4.79 Å². The Labute approximate surface area is 97.3 Å². The van der Waals surface area contributed by atoms with Gasteiger partial charge in [-0.1, -0.05) is 25.1 Å². The lowest BCUT2D eigenvalue weighted by Crippen LogP contribution is -2.26. The zero-order valence-electron chi connectivity index (χ0n) is 9.50. The minimum Gasteiger partial charge on any atom is -0.267 e. The summed E-state index contributed by atoms with van der Waals surface area (Å²) in [5.41, 5.74) is 0.739. The predicted molar refractivity (Wildman–Crippen MR) is 65.0 cm³/mol. The highest BCUT2D eigenvalue weighted by Crippen LogP contribution is 2.14. The maximum absolute atomic E-state index is 12.3. The molecule has 0 amide bonds. The van der Waals surface area contributed by atoms with Crippen molar-refractivity contribution in [3.05, 3.63) is 40.9 Å². The fourth-order valence-corrected chi connectivity index (χ4v) is 2.11. The normalized spacial score (nSPS) is 11.4. The molecule has 0 radical (unpaired) electrons. The highest BCUT2D eigenvalue weighted by atomic mass is 16.1. The summed E-state index contributed by atoms with van der Waals surface area (Å²) >= 11 is 0. The van der Waals surface area contributed by atoms with Crippen molar-refractivity contribution in [1.29, 1.82) is 0 Å². The van der Waals surface area contributed by atoms with Gasteiger partial charge in [-0.25, -0.2) is 9.20 Å². The lowest BCUT2D eigenvalue weighted by Gasteiger charge is -2.09. The van der Waals surface area contributed by atoms with Gasteiger partial charge in [-0.2, -0.15) is 0 Å². The van der Waals surface area contributed by atoms with Crippen molar-refractivity contribution in [2.24, 2.45) is 0 Å². The van der Waals surface area contributed by atoms with Crippen molar-refractivity contribution in [2.75, 3.05) is 0 Å². The van der Waals surface area contributed by atoms with E-state index in [2.05, 4.69) is 10.2 Å². The average molecular weight is 228 g/mol. The molecule has 1 aromatic carbocycles. The number of rotatable bonds is 2. The van der Waals surface area contributed by atoms with Crippen LogP contribution in [0.15, 0.2) is 35.4 Å². The Bertz CT molecular complexity index is 741. The molecule has 0 aliphatic carbocycles. The van der Waals surface area contributed by atoms with Crippen LogP contribution in [-0.4, -0.2) is 19.4 Å². The van der Waals surface area contributed by atoms with Crippen molar-refractivity contribution in [2.45, 2.75) is 19.9 Å². The van der Waals surface area contributed by atoms with Crippen LogP contribution < -0.4 is 5.56 Å². The Morgan fingerprint density at radius 2 is 2.00 bits per heavy atom. The van der Waals surface area contributed by atoms with E-state index in [0.717, 1.165) is 17.5 Å². The molecule has 0 saturated carbocycles. The molecule has 0 bridgehead atoms. The number of aromatic nitrogens is 4. The van der Waals surface area contributed by atoms with Crippen LogP contribution in [0, 0.1) is 0 Å². The molecule has 0 spiro atoms. The van der Waals surface area contributed by atoms with Crippen LogP contribution in [0.2, 0.25) is 0 Å². The molecule has 5 heteroatoms. The predicted octanol–water partition coefficient (Wildman–Crippen LogP) is 1.45. The molecular formula is C12H12N4O. The molecular weight excluding hydrogens is 216 g/mol. The maximum Gasteiger partial charge on any atom is 0.273 e. The number of aryl methyl sites for hydroxylation is 1. The van der Waals surface area contributed by atoms with Gasteiger partial charge in [0.05, 0.1) is 5.39 Å². The Balaban J connectivity index is 2.56. The first kappa shape index (κ1) is 10.0. The van der Waals surface area contributed by atoms with E-state index in [4.69, 9.17) is 0 Å². The summed E-state index contributed by atoms with van der Waals surface area (Å²) < 4.78 is 3.41. The van der Waals surface area contributed by atoms with E-state index in [0.29, 0.717) is 11.9 Å². The van der Waals surface area contributed by atoms with E-state index in [1.165, 1.54) is 0 Å². The molecule has 0 N–H and O–H groups in total. The van der Waals surface area contributed by atoms with Crippen LogP contribution >= 0.6 is 0 Å². The van der Waals surface area contributed by atoms with E-state index in [9.17, 15) is 4.79 Å². The van der Waals surface area contributed by atoms with Gasteiger partial charge in [0.1, 0.15) is 6.33 Å². The van der Waals surface area contributed by atoms with Crippen LogP contribution in [0.3, 0.4) is 0 Å². The molecule has 86 valence electrons. The molecule has 0 aliphatic heterocycles. The van der Waals surface area contributed by atoms with E-state index in [1.807, 2.05) is 31.2 Å². The molecule has 0 fully saturated rings. The number of benzene rings is 1. The Morgan fingerprint density at radius 1 is 1.24 bits per heavy atom. The maximum atomic E-state index is 12.3. The Morgan fingerprint density at radius 3 is 2.76 bits per heavy atom. The second-order valence-corrected chi connectivity index (χ2v) is 3.97. The number of nitrogens with zero attached hydrogens (tertiary/aromatic N) is 4. The lowest BCUT2D eigenvalue weighted by atomic mass is 10.2. The molecule has 0 unspecified atom stereocenters. The molecule has 0 saturated heterocycles. The lowest BCUT2D eigenvalue weighted by molar-refractivity contribution is 0.542. The summed E-state index contributed by atoms with van der Waals surface area (Å²) in [7, 11) is 0. The van der Waals surface area contributed by atoms with Gasteiger partial charge in [0.15, 0.2) is 5.65 Å². The van der Waals surface area contributed by atoms with Crippen molar-refractivity contribution in [3.8, 4) is 0 Å². The monoisotopic (exact) mass is 228 g/mol. The third-order valence-electron chi connectivity index (χ3n) is 2.86. The van der Waals surface area contributed by atoms with E-state index in [1.54, 1.807) is 15.5 Å². The summed E-state index contributed by atoms with van der Waals surface area (Å²) in [5.74, 6) is 0. The summed E-state index contributed by atoms with van der Waals surface area (Å²) in [5, 5.41) is 9.52. The minimum absolute atomic E-state index is 0.00903. The van der Waals surface area contributed by atoms with E-state index >= 15 is 0 Å². The molecule has 2 heterocycles. The number of hydrogen-bond donors (Lipinski definition) is 0. The SMILES string of the molecule is CCCn1c(=O)c2ccccc2c2nncn21. The van der Waals surface area contributed by atoms with Crippen LogP contribution in [0.5, 0.6) is 0 Å². The third-order valence-corrected chi connectivity index (χ3v) is 2.86. The van der Waals surface area contributed by atoms with Crippen molar-refractivity contribution in [3.63, 3.8) is 0 Å². The highest BCUT2D eigenvalue weighted by molar-refractivity contribution is 5.92. The molecule has 2 aromatic heterocycles. The van der Waals surface area contributed by atoms with Crippen LogP contribution in [0.1, 0.15) is 13.3 Å². The molecule has 3 rings (SSSR count). The van der Waals surface area contributed by atoms with Gasteiger partial charge >= 0.3 is 0 Å². The first-order valence-corrected chi connectivity index (χ1v) is 5.64. The molecule has 17 heavy (non-hydrogen) atoms. The largest absolute Gasteiger partial charge is 0.273 e. The smallest absolute Gasteiger partial charge is 0.267 e. The summed E-state index contributed by atoms with van der Waals surface area (Å²) in [4.78, 5) is 12.3. The van der Waals surface area contributed by atoms with Gasteiger partial charge in [0.2, 0.25) is 0 Å². The molecule has 3 aromatic rings. The third kappa shape index (κ3) is 1.35. The van der Waals surface area contributed by atoms with Gasteiger partial charge in [0.25, 0.3) is 5.56 Å². The van der Waals surface area contributed by atoms with E-state index in [-0.39, 0.29) is 5.56 Å². The quantitative estimate of drug-likeness (QED) is 0.667. The Hall–Kier alpha value is -2.17. The first-order valence-electron chi connectivity index (χ1n) is 5.64. The van der Waals surface area contributed by atoms with Crippen molar-refractivity contribution >= 4 is 16.4 Å². The summed E-state index contributed by atoms with van der Waals surface area (Å²) in [6.45, 7) is 2.70. The van der Waals surface area contributed by atoms with Crippen molar-refractivity contribution in [1.82, 2.24) is 19.4 Å². The first-order chi connectivity index (χ1) is 8.33. The fourth-order valence-electron chi connectivity index (χ4n) is 2.11. The van der Waals surface area contributed by atoms with Crippen molar-refractivity contribution < 1.29 is 0 Å². The second kappa shape index (κ2) is 3.69. The van der Waals surface area contributed by atoms with Gasteiger partial charge in [0, 0.05) is 11.9 Å². The van der Waals surface area contributed by atoms with Crippen LogP contribution in [-0.2, 0) is 6.54 Å². The molecule has 0 aliphatic rings. The highest BCUT2D eigenvalue weighted by Gasteiger charge is 2.10. The number of fused-ring (bicyclic) bond motifs is 3. The summed E-state index contributed by atoms with van der Waals surface area (Å²) in [6, 6.07) is 7.50. The fraction of sp³-hybridized carbons (Fsp3) is 0.250. The summed E-state index contributed by atoms with van der Waals surface area (Å²) in [6.07, 6.45) is 2.48. The minimum atomic E-state index is 0.00903. The van der Waals surface area contributed by atoms with Gasteiger partial charge < -0.3 is 0 Å². The molecule has 0 atom stereocenters. The van der Waals surface area contributed by atoms with Gasteiger partial charge in [-0.05, 0) is 12.5 Å². The van der Waals surface area contributed by atoms with Crippen LogP contribution in [0.4, 0.5) is 0 Å². The molecule has 5 nitrogen and oxygen atoms in total. The Kier molecular flexibility index (Phi) is 2.18. The standard InChI is InChI=1S/C12H12N4O/c1-2-7-15-12(17)10-6-4-3-5-9(10)11-14-13-8-16(11)15/h3-6,8H,2,7H2,1H3. The van der Waals surface area contributed by atoms with E-state index < -0.39 is 0 Å². The topological polar surface area (TPSA) is 52.2 Å². The number of hydrogen-bond acceptors (Lipinski definition) is 3. The zero-order chi connectivity index (χ0) is 11.8. The van der Waals surface area contributed by atoms with Crippen LogP contribution in [0.25, 0.3) is 16.4 Å².